The third-order valence-corrected chi connectivity index (χ3v) is 4.15. The minimum Gasteiger partial charge on any atom is -0.506 e. The summed E-state index contributed by atoms with van der Waals surface area (Å²) in [5.41, 5.74) is 3.77. The third-order valence-electron chi connectivity index (χ3n) is 3.25. The zero-order chi connectivity index (χ0) is 14.7. The van der Waals surface area contributed by atoms with Crippen LogP contribution >= 0.6 is 11.3 Å². The molecule has 0 atom stereocenters. The molecular formula is C17H16N2OS. The molecule has 0 saturated heterocycles. The first-order chi connectivity index (χ1) is 10.2. The molecule has 2 heterocycles. The lowest BCUT2D eigenvalue weighted by Crippen LogP contribution is -2.03. The maximum absolute atomic E-state index is 9.87. The lowest BCUT2D eigenvalue weighted by Gasteiger charge is -2.11. The van der Waals surface area contributed by atoms with Crippen molar-refractivity contribution in [1.29, 1.82) is 0 Å². The number of nitrogens with one attached hydrogen (secondary N) is 1. The van der Waals surface area contributed by atoms with E-state index in [9.17, 15) is 5.11 Å². The minimum atomic E-state index is 0.224. The van der Waals surface area contributed by atoms with Crippen molar-refractivity contribution in [2.24, 2.45) is 0 Å². The van der Waals surface area contributed by atoms with Gasteiger partial charge >= 0.3 is 0 Å². The first-order valence-corrected chi connectivity index (χ1v) is 7.64. The Kier molecular flexibility index (Phi) is 3.88. The van der Waals surface area contributed by atoms with E-state index < -0.39 is 0 Å². The number of thiophene rings is 1. The van der Waals surface area contributed by atoms with E-state index in [2.05, 4.69) is 27.8 Å². The van der Waals surface area contributed by atoms with Gasteiger partial charge in [0, 0.05) is 21.8 Å². The molecule has 0 unspecified atom stereocenters. The van der Waals surface area contributed by atoms with Crippen LogP contribution in [0.1, 0.15) is 11.4 Å². The van der Waals surface area contributed by atoms with Crippen molar-refractivity contribution in [1.82, 2.24) is 4.98 Å². The molecule has 0 aliphatic rings. The summed E-state index contributed by atoms with van der Waals surface area (Å²) in [5, 5.41) is 15.3. The molecule has 0 aliphatic carbocycles. The molecule has 0 radical (unpaired) electrons. The molecule has 3 rings (SSSR count). The number of nitrogens with zero attached hydrogens (tertiary/aromatic N) is 1. The van der Waals surface area contributed by atoms with Gasteiger partial charge in [0.1, 0.15) is 11.4 Å². The lowest BCUT2D eigenvalue weighted by atomic mass is 10.1. The summed E-state index contributed by atoms with van der Waals surface area (Å²) < 4.78 is 0. The fourth-order valence-electron chi connectivity index (χ4n) is 2.20. The monoisotopic (exact) mass is 296 g/mol. The molecule has 21 heavy (non-hydrogen) atoms. The molecule has 3 nitrogen and oxygen atoms in total. The first-order valence-electron chi connectivity index (χ1n) is 6.76. The number of para-hydroxylation sites is 1. The van der Waals surface area contributed by atoms with Crippen LogP contribution in [0.4, 0.5) is 5.69 Å². The van der Waals surface area contributed by atoms with E-state index in [-0.39, 0.29) is 5.75 Å². The fraction of sp³-hybridized carbons (Fsp3) is 0.118. The van der Waals surface area contributed by atoms with Gasteiger partial charge in [-0.1, -0.05) is 24.3 Å². The Bertz CT molecular complexity index is 738. The maximum Gasteiger partial charge on any atom is 0.138 e. The largest absolute Gasteiger partial charge is 0.506 e. The second-order valence-electron chi connectivity index (χ2n) is 4.79. The molecule has 0 amide bonds. The van der Waals surface area contributed by atoms with Gasteiger partial charge in [0.25, 0.3) is 0 Å². The molecule has 3 aromatic rings. The lowest BCUT2D eigenvalue weighted by molar-refractivity contribution is 0.464. The standard InChI is InChI=1S/C17H16N2OS/c1-12-8-9-16(20)15(19-12)11-18-14-6-3-2-5-13(14)17-7-4-10-21-17/h2-10,18,20H,11H2,1H3. The van der Waals surface area contributed by atoms with Crippen molar-refractivity contribution < 1.29 is 5.11 Å². The molecule has 2 aromatic heterocycles. The van der Waals surface area contributed by atoms with E-state index in [4.69, 9.17) is 0 Å². The van der Waals surface area contributed by atoms with Crippen LogP contribution in [-0.2, 0) is 6.54 Å². The van der Waals surface area contributed by atoms with E-state index in [1.807, 2.05) is 31.2 Å². The van der Waals surface area contributed by atoms with Crippen LogP contribution in [0.3, 0.4) is 0 Å². The van der Waals surface area contributed by atoms with Gasteiger partial charge in [-0.2, -0.15) is 0 Å². The van der Waals surface area contributed by atoms with Crippen molar-refractivity contribution in [2.75, 3.05) is 5.32 Å². The first kappa shape index (κ1) is 13.6. The zero-order valence-electron chi connectivity index (χ0n) is 11.7. The third kappa shape index (κ3) is 3.06. The van der Waals surface area contributed by atoms with Crippen LogP contribution in [0.15, 0.2) is 53.9 Å². The summed E-state index contributed by atoms with van der Waals surface area (Å²) in [6, 6.07) is 15.8. The summed E-state index contributed by atoms with van der Waals surface area (Å²) in [7, 11) is 0. The van der Waals surface area contributed by atoms with Crippen LogP contribution in [-0.4, -0.2) is 10.1 Å². The van der Waals surface area contributed by atoms with Gasteiger partial charge in [-0.05, 0) is 36.6 Å². The van der Waals surface area contributed by atoms with Gasteiger partial charge in [-0.25, -0.2) is 0 Å². The Labute approximate surface area is 127 Å². The SMILES string of the molecule is Cc1ccc(O)c(CNc2ccccc2-c2cccs2)n1. The van der Waals surface area contributed by atoms with Crippen LogP contribution in [0.2, 0.25) is 0 Å². The number of benzene rings is 1. The van der Waals surface area contributed by atoms with Gasteiger partial charge < -0.3 is 10.4 Å². The highest BCUT2D eigenvalue weighted by Gasteiger charge is 2.07. The number of aryl methyl sites for hydroxylation is 1. The van der Waals surface area contributed by atoms with Crippen LogP contribution in [0.5, 0.6) is 5.75 Å². The van der Waals surface area contributed by atoms with Crippen molar-refractivity contribution >= 4 is 17.0 Å². The average Bonchev–Trinajstić information content (AvgIpc) is 3.03. The highest BCUT2D eigenvalue weighted by Crippen LogP contribution is 2.31. The van der Waals surface area contributed by atoms with E-state index in [0.29, 0.717) is 12.2 Å². The Morgan fingerprint density at radius 1 is 1.10 bits per heavy atom. The molecule has 2 N–H and O–H groups in total. The number of pyridine rings is 1. The van der Waals surface area contributed by atoms with Gasteiger partial charge in [0.15, 0.2) is 0 Å². The van der Waals surface area contributed by atoms with Crippen molar-refractivity contribution in [3.8, 4) is 16.2 Å². The normalized spacial score (nSPS) is 10.5. The smallest absolute Gasteiger partial charge is 0.138 e. The van der Waals surface area contributed by atoms with E-state index in [0.717, 1.165) is 11.4 Å². The molecule has 106 valence electrons. The molecule has 0 aliphatic heterocycles. The average molecular weight is 296 g/mol. The van der Waals surface area contributed by atoms with Crippen molar-refractivity contribution in [3.63, 3.8) is 0 Å². The predicted octanol–water partition coefficient (Wildman–Crippen LogP) is 4.44. The highest BCUT2D eigenvalue weighted by atomic mass is 32.1. The topological polar surface area (TPSA) is 45.1 Å². The Morgan fingerprint density at radius 3 is 2.76 bits per heavy atom. The summed E-state index contributed by atoms with van der Waals surface area (Å²) >= 11 is 1.71. The molecular weight excluding hydrogens is 280 g/mol. The molecule has 1 aromatic carbocycles. The van der Waals surface area contributed by atoms with E-state index in [1.54, 1.807) is 23.5 Å². The number of anilines is 1. The number of hydrogen-bond acceptors (Lipinski definition) is 4. The van der Waals surface area contributed by atoms with Gasteiger partial charge in [-0.15, -0.1) is 11.3 Å². The van der Waals surface area contributed by atoms with Crippen molar-refractivity contribution in [3.05, 3.63) is 65.3 Å². The summed E-state index contributed by atoms with van der Waals surface area (Å²) in [5.74, 6) is 0.224. The number of rotatable bonds is 4. The molecule has 0 bridgehead atoms. The second-order valence-corrected chi connectivity index (χ2v) is 5.74. The zero-order valence-corrected chi connectivity index (χ0v) is 12.5. The van der Waals surface area contributed by atoms with Crippen LogP contribution in [0, 0.1) is 6.92 Å². The van der Waals surface area contributed by atoms with Crippen LogP contribution in [0.25, 0.3) is 10.4 Å². The Hall–Kier alpha value is -2.33. The summed E-state index contributed by atoms with van der Waals surface area (Å²) in [4.78, 5) is 5.59. The quantitative estimate of drug-likeness (QED) is 0.748. The predicted molar refractivity (Wildman–Crippen MR) is 87.7 cm³/mol. The van der Waals surface area contributed by atoms with Crippen molar-refractivity contribution in [2.45, 2.75) is 13.5 Å². The van der Waals surface area contributed by atoms with Gasteiger partial charge in [0.05, 0.1) is 6.54 Å². The maximum atomic E-state index is 9.87. The number of hydrogen-bond donors (Lipinski definition) is 2. The van der Waals surface area contributed by atoms with Crippen LogP contribution < -0.4 is 5.32 Å². The second kappa shape index (κ2) is 5.97. The molecule has 4 heteroatoms. The summed E-state index contributed by atoms with van der Waals surface area (Å²) in [6.07, 6.45) is 0. The Morgan fingerprint density at radius 2 is 1.95 bits per heavy atom. The van der Waals surface area contributed by atoms with E-state index in [1.165, 1.54) is 10.4 Å². The minimum absolute atomic E-state index is 0.224. The molecule has 0 fully saturated rings. The number of aromatic hydroxyl groups is 1. The molecule has 0 saturated carbocycles. The van der Waals surface area contributed by atoms with Gasteiger partial charge in [0.2, 0.25) is 0 Å². The fourth-order valence-corrected chi connectivity index (χ4v) is 2.96. The molecule has 0 spiro atoms. The number of aromatic nitrogens is 1. The highest BCUT2D eigenvalue weighted by molar-refractivity contribution is 7.13. The van der Waals surface area contributed by atoms with Gasteiger partial charge in [-0.3, -0.25) is 4.98 Å². The summed E-state index contributed by atoms with van der Waals surface area (Å²) in [6.45, 7) is 2.42. The van der Waals surface area contributed by atoms with E-state index >= 15 is 0 Å². The Balaban J connectivity index is 1.84.